The standard InChI is InChI=1S/C22H20F2N4O2/c1-11-4-6-13(7-5-11)21(29)25-19-18(14-8-9-15(23)16(24)10-14)17-12(2)27-28(3)20(17)26-22(19)30/h4-10,18-19H,1-3H3,(H,25,29)(H,26,30). The summed E-state index contributed by atoms with van der Waals surface area (Å²) >= 11 is 0. The number of halogens is 2. The molecular weight excluding hydrogens is 390 g/mol. The Morgan fingerprint density at radius 3 is 2.47 bits per heavy atom. The molecule has 30 heavy (non-hydrogen) atoms. The van der Waals surface area contributed by atoms with E-state index in [1.807, 2.05) is 6.92 Å². The highest BCUT2D eigenvalue weighted by Crippen LogP contribution is 2.39. The summed E-state index contributed by atoms with van der Waals surface area (Å²) in [7, 11) is 1.68. The summed E-state index contributed by atoms with van der Waals surface area (Å²) in [5.74, 6) is -3.17. The molecule has 0 fully saturated rings. The molecule has 1 aromatic heterocycles. The number of amides is 2. The van der Waals surface area contributed by atoms with E-state index >= 15 is 0 Å². The normalized spacial score (nSPS) is 18.0. The second kappa shape index (κ2) is 7.37. The van der Waals surface area contributed by atoms with Crippen LogP contribution in [-0.4, -0.2) is 27.6 Å². The second-order valence-corrected chi connectivity index (χ2v) is 7.43. The van der Waals surface area contributed by atoms with Crippen molar-refractivity contribution in [1.29, 1.82) is 0 Å². The van der Waals surface area contributed by atoms with Gasteiger partial charge in [0, 0.05) is 24.1 Å². The highest BCUT2D eigenvalue weighted by atomic mass is 19.2. The van der Waals surface area contributed by atoms with Crippen LogP contribution >= 0.6 is 0 Å². The predicted molar refractivity (Wildman–Crippen MR) is 107 cm³/mol. The number of hydrogen-bond acceptors (Lipinski definition) is 3. The first-order chi connectivity index (χ1) is 14.3. The third-order valence-electron chi connectivity index (χ3n) is 5.34. The van der Waals surface area contributed by atoms with Gasteiger partial charge in [-0.2, -0.15) is 5.10 Å². The zero-order chi connectivity index (χ0) is 21.6. The summed E-state index contributed by atoms with van der Waals surface area (Å²) in [5.41, 5.74) is 3.04. The molecule has 0 bridgehead atoms. The van der Waals surface area contributed by atoms with Gasteiger partial charge in [-0.25, -0.2) is 8.78 Å². The van der Waals surface area contributed by atoms with Gasteiger partial charge in [-0.15, -0.1) is 0 Å². The molecule has 2 N–H and O–H groups in total. The van der Waals surface area contributed by atoms with E-state index in [-0.39, 0.29) is 0 Å². The van der Waals surface area contributed by atoms with Crippen molar-refractivity contribution in [2.75, 3.05) is 5.32 Å². The van der Waals surface area contributed by atoms with E-state index in [9.17, 15) is 18.4 Å². The molecule has 0 aliphatic carbocycles. The lowest BCUT2D eigenvalue weighted by molar-refractivity contribution is -0.118. The van der Waals surface area contributed by atoms with Crippen LogP contribution in [0.15, 0.2) is 42.5 Å². The minimum atomic E-state index is -1.03. The van der Waals surface area contributed by atoms with Crippen molar-refractivity contribution >= 4 is 17.6 Å². The van der Waals surface area contributed by atoms with Crippen molar-refractivity contribution in [3.63, 3.8) is 0 Å². The molecule has 2 amide bonds. The number of nitrogens with one attached hydrogen (secondary N) is 2. The molecule has 1 aliphatic rings. The Morgan fingerprint density at radius 2 is 1.80 bits per heavy atom. The van der Waals surface area contributed by atoms with Gasteiger partial charge in [0.2, 0.25) is 5.91 Å². The fraction of sp³-hybridized carbons (Fsp3) is 0.227. The number of aryl methyl sites for hydroxylation is 3. The van der Waals surface area contributed by atoms with Gasteiger partial charge in [-0.1, -0.05) is 23.8 Å². The van der Waals surface area contributed by atoms with Gasteiger partial charge < -0.3 is 10.6 Å². The number of carbonyl (C=O) groups excluding carboxylic acids is 2. The van der Waals surface area contributed by atoms with Crippen molar-refractivity contribution in [2.24, 2.45) is 7.05 Å². The lowest BCUT2D eigenvalue weighted by atomic mass is 9.81. The third kappa shape index (κ3) is 3.34. The van der Waals surface area contributed by atoms with E-state index in [0.717, 1.165) is 17.7 Å². The Bertz CT molecular complexity index is 1150. The number of nitrogens with zero attached hydrogens (tertiary/aromatic N) is 2. The summed E-state index contributed by atoms with van der Waals surface area (Å²) in [6.07, 6.45) is 0. The largest absolute Gasteiger partial charge is 0.339 e. The maximum absolute atomic E-state index is 14.0. The minimum Gasteiger partial charge on any atom is -0.339 e. The van der Waals surface area contributed by atoms with Crippen LogP contribution in [0.5, 0.6) is 0 Å². The fourth-order valence-corrected chi connectivity index (χ4v) is 3.85. The average molecular weight is 410 g/mol. The lowest BCUT2D eigenvalue weighted by Crippen LogP contribution is -2.50. The number of anilines is 1. The number of aromatic nitrogens is 2. The molecule has 8 heteroatoms. The number of fused-ring (bicyclic) bond motifs is 1. The highest BCUT2D eigenvalue weighted by Gasteiger charge is 2.41. The average Bonchev–Trinajstić information content (AvgIpc) is 2.98. The zero-order valence-electron chi connectivity index (χ0n) is 16.7. The Kier molecular flexibility index (Phi) is 4.85. The van der Waals surface area contributed by atoms with Gasteiger partial charge in [-0.05, 0) is 43.7 Å². The molecule has 0 saturated heterocycles. The Labute approximate surface area is 171 Å². The maximum atomic E-state index is 14.0. The number of hydrogen-bond donors (Lipinski definition) is 2. The van der Waals surface area contributed by atoms with E-state index in [0.29, 0.717) is 28.2 Å². The number of benzene rings is 2. The molecule has 2 atom stereocenters. The van der Waals surface area contributed by atoms with Crippen LogP contribution in [0, 0.1) is 25.5 Å². The predicted octanol–water partition coefficient (Wildman–Crippen LogP) is 3.20. The van der Waals surface area contributed by atoms with Crippen LogP contribution in [0.3, 0.4) is 0 Å². The molecule has 0 saturated carbocycles. The molecule has 2 heterocycles. The Hall–Kier alpha value is -3.55. The van der Waals surface area contributed by atoms with Gasteiger partial charge in [0.25, 0.3) is 5.91 Å². The summed E-state index contributed by atoms with van der Waals surface area (Å²) in [5, 5.41) is 9.88. The summed E-state index contributed by atoms with van der Waals surface area (Å²) < 4.78 is 29.1. The maximum Gasteiger partial charge on any atom is 0.251 e. The van der Waals surface area contributed by atoms with Crippen molar-refractivity contribution in [3.8, 4) is 0 Å². The van der Waals surface area contributed by atoms with Gasteiger partial charge in [0.15, 0.2) is 11.6 Å². The summed E-state index contributed by atoms with van der Waals surface area (Å²) in [6, 6.07) is 9.39. The fourth-order valence-electron chi connectivity index (χ4n) is 3.85. The van der Waals surface area contributed by atoms with Crippen LogP contribution in [0.2, 0.25) is 0 Å². The van der Waals surface area contributed by atoms with Crippen LogP contribution in [0.25, 0.3) is 0 Å². The summed E-state index contributed by atoms with van der Waals surface area (Å²) in [4.78, 5) is 25.8. The third-order valence-corrected chi connectivity index (χ3v) is 5.34. The van der Waals surface area contributed by atoms with Crippen molar-refractivity contribution in [2.45, 2.75) is 25.8 Å². The zero-order valence-corrected chi connectivity index (χ0v) is 16.7. The topological polar surface area (TPSA) is 76.0 Å². The van der Waals surface area contributed by atoms with Crippen LogP contribution in [0.1, 0.15) is 38.7 Å². The van der Waals surface area contributed by atoms with Crippen molar-refractivity contribution < 1.29 is 18.4 Å². The molecule has 154 valence electrons. The second-order valence-electron chi connectivity index (χ2n) is 7.43. The van der Waals surface area contributed by atoms with Gasteiger partial charge in [-0.3, -0.25) is 14.3 Å². The SMILES string of the molecule is Cc1ccc(C(=O)NC2C(=O)Nc3c(c(C)nn3C)C2c2ccc(F)c(F)c2)cc1. The first-order valence-electron chi connectivity index (χ1n) is 9.43. The van der Waals surface area contributed by atoms with E-state index in [1.54, 1.807) is 38.2 Å². The van der Waals surface area contributed by atoms with Gasteiger partial charge in [0.05, 0.1) is 5.69 Å². The number of carbonyl (C=O) groups is 2. The minimum absolute atomic E-state index is 0.371. The Balaban J connectivity index is 1.79. The molecule has 0 spiro atoms. The van der Waals surface area contributed by atoms with Crippen LogP contribution in [0.4, 0.5) is 14.6 Å². The highest BCUT2D eigenvalue weighted by molar-refractivity contribution is 6.03. The van der Waals surface area contributed by atoms with Crippen molar-refractivity contribution in [1.82, 2.24) is 15.1 Å². The first-order valence-corrected chi connectivity index (χ1v) is 9.43. The monoisotopic (exact) mass is 410 g/mol. The van der Waals surface area contributed by atoms with Gasteiger partial charge in [0.1, 0.15) is 11.9 Å². The smallest absolute Gasteiger partial charge is 0.251 e. The first kappa shape index (κ1) is 19.8. The molecule has 2 unspecified atom stereocenters. The van der Waals surface area contributed by atoms with Crippen molar-refractivity contribution in [3.05, 3.63) is 82.0 Å². The van der Waals surface area contributed by atoms with E-state index in [2.05, 4.69) is 15.7 Å². The molecule has 0 radical (unpaired) electrons. The van der Waals surface area contributed by atoms with E-state index < -0.39 is 35.4 Å². The lowest BCUT2D eigenvalue weighted by Gasteiger charge is -2.32. The van der Waals surface area contributed by atoms with E-state index in [4.69, 9.17) is 0 Å². The molecule has 1 aliphatic heterocycles. The Morgan fingerprint density at radius 1 is 1.10 bits per heavy atom. The molecular formula is C22H20F2N4O2. The van der Waals surface area contributed by atoms with Crippen LogP contribution < -0.4 is 10.6 Å². The number of rotatable bonds is 3. The van der Waals surface area contributed by atoms with E-state index in [1.165, 1.54) is 10.7 Å². The van der Waals surface area contributed by atoms with Gasteiger partial charge >= 0.3 is 0 Å². The van der Waals surface area contributed by atoms with Crippen LogP contribution in [-0.2, 0) is 11.8 Å². The summed E-state index contributed by atoms with van der Waals surface area (Å²) in [6.45, 7) is 3.67. The quantitative estimate of drug-likeness (QED) is 0.696. The molecule has 3 aromatic rings. The molecule has 2 aromatic carbocycles. The molecule has 6 nitrogen and oxygen atoms in total. The molecule has 4 rings (SSSR count).